The second-order valence-electron chi connectivity index (χ2n) is 7.66. The van der Waals surface area contributed by atoms with E-state index in [9.17, 15) is 4.79 Å². The summed E-state index contributed by atoms with van der Waals surface area (Å²) in [5, 5.41) is 0. The molecule has 4 rings (SSSR count). The Morgan fingerprint density at radius 3 is 2.43 bits per heavy atom. The number of carbonyl (C=O) groups is 1. The maximum absolute atomic E-state index is 13.1. The van der Waals surface area contributed by atoms with Gasteiger partial charge in [0.2, 0.25) is 0 Å². The van der Waals surface area contributed by atoms with Crippen molar-refractivity contribution in [1.82, 2.24) is 14.9 Å². The molecule has 1 unspecified atom stereocenters. The van der Waals surface area contributed by atoms with Gasteiger partial charge in [0.25, 0.3) is 11.8 Å². The van der Waals surface area contributed by atoms with Crippen molar-refractivity contribution in [3.63, 3.8) is 0 Å². The fourth-order valence-electron chi connectivity index (χ4n) is 3.70. The summed E-state index contributed by atoms with van der Waals surface area (Å²) in [6.45, 7) is 1.28. The summed E-state index contributed by atoms with van der Waals surface area (Å²) in [7, 11) is 3.82. The summed E-state index contributed by atoms with van der Waals surface area (Å²) >= 11 is 0. The first-order valence-corrected chi connectivity index (χ1v) is 10.2. The first kappa shape index (κ1) is 19.9. The van der Waals surface area contributed by atoms with E-state index >= 15 is 0 Å². The van der Waals surface area contributed by atoms with Crippen molar-refractivity contribution in [2.75, 3.05) is 32.1 Å². The highest BCUT2D eigenvalue weighted by molar-refractivity contribution is 5.94. The first-order chi connectivity index (χ1) is 14.6. The van der Waals surface area contributed by atoms with Crippen molar-refractivity contribution in [2.24, 2.45) is 0 Å². The Labute approximate surface area is 177 Å². The minimum Gasteiger partial charge on any atom is -0.470 e. The molecule has 6 heteroatoms. The number of anilines is 1. The van der Waals surface area contributed by atoms with Crippen LogP contribution in [0.3, 0.4) is 0 Å². The summed E-state index contributed by atoms with van der Waals surface area (Å²) < 4.78 is 6.13. The number of piperidine rings is 1. The number of rotatable bonds is 5. The lowest BCUT2D eigenvalue weighted by Crippen LogP contribution is -2.44. The SMILES string of the molecule is CN(C)c1nccnc1OC1CCCN(C(=O)c2ccc(-c3ccccc3)cc2)C1. The topological polar surface area (TPSA) is 58.6 Å². The third-order valence-corrected chi connectivity index (χ3v) is 5.25. The maximum atomic E-state index is 13.1. The largest absolute Gasteiger partial charge is 0.470 e. The van der Waals surface area contributed by atoms with Crippen LogP contribution in [0.15, 0.2) is 67.0 Å². The van der Waals surface area contributed by atoms with Gasteiger partial charge in [-0.05, 0) is 36.1 Å². The Morgan fingerprint density at radius 1 is 1.00 bits per heavy atom. The molecule has 0 bridgehead atoms. The predicted octanol–water partition coefficient (Wildman–Crippen LogP) is 3.89. The summed E-state index contributed by atoms with van der Waals surface area (Å²) in [5.41, 5.74) is 2.94. The van der Waals surface area contributed by atoms with Crippen molar-refractivity contribution in [2.45, 2.75) is 18.9 Å². The zero-order valence-electron chi connectivity index (χ0n) is 17.4. The summed E-state index contributed by atoms with van der Waals surface area (Å²) in [6, 6.07) is 18.0. The quantitative estimate of drug-likeness (QED) is 0.648. The van der Waals surface area contributed by atoms with Gasteiger partial charge in [0.1, 0.15) is 6.10 Å². The van der Waals surface area contributed by atoms with Gasteiger partial charge in [-0.1, -0.05) is 42.5 Å². The van der Waals surface area contributed by atoms with Crippen LogP contribution in [0.1, 0.15) is 23.2 Å². The Morgan fingerprint density at radius 2 is 1.70 bits per heavy atom. The Kier molecular flexibility index (Phi) is 5.93. The van der Waals surface area contributed by atoms with E-state index in [1.807, 2.05) is 66.4 Å². The molecule has 0 aliphatic carbocycles. The number of hydrogen-bond donors (Lipinski definition) is 0. The minimum atomic E-state index is -0.0957. The standard InChI is InChI=1S/C24H26N4O2/c1-27(2)22-23(26-15-14-25-22)30-21-9-6-16-28(17-21)24(29)20-12-10-19(11-13-20)18-7-4-3-5-8-18/h3-5,7-8,10-15,21H,6,9,16-17H2,1-2H3. The highest BCUT2D eigenvalue weighted by Crippen LogP contribution is 2.25. The normalized spacial score (nSPS) is 16.2. The number of ether oxygens (including phenoxy) is 1. The van der Waals surface area contributed by atoms with Crippen LogP contribution in [0.4, 0.5) is 5.82 Å². The maximum Gasteiger partial charge on any atom is 0.257 e. The zero-order valence-corrected chi connectivity index (χ0v) is 17.4. The van der Waals surface area contributed by atoms with Gasteiger partial charge in [0, 0.05) is 38.6 Å². The summed E-state index contributed by atoms with van der Waals surface area (Å²) in [4.78, 5) is 25.5. The molecule has 1 fully saturated rings. The van der Waals surface area contributed by atoms with E-state index in [0.29, 0.717) is 23.8 Å². The van der Waals surface area contributed by atoms with Gasteiger partial charge in [0.05, 0.1) is 6.54 Å². The van der Waals surface area contributed by atoms with Crippen molar-refractivity contribution in [3.05, 3.63) is 72.6 Å². The lowest BCUT2D eigenvalue weighted by atomic mass is 10.0. The molecule has 0 spiro atoms. The van der Waals surface area contributed by atoms with E-state index in [2.05, 4.69) is 22.1 Å². The molecule has 2 heterocycles. The van der Waals surface area contributed by atoms with Crippen molar-refractivity contribution < 1.29 is 9.53 Å². The predicted molar refractivity (Wildman–Crippen MR) is 118 cm³/mol. The number of carbonyl (C=O) groups excluding carboxylic acids is 1. The lowest BCUT2D eigenvalue weighted by Gasteiger charge is -2.33. The van der Waals surface area contributed by atoms with Gasteiger partial charge in [-0.15, -0.1) is 0 Å². The smallest absolute Gasteiger partial charge is 0.257 e. The number of hydrogen-bond acceptors (Lipinski definition) is 5. The average Bonchev–Trinajstić information content (AvgIpc) is 2.80. The van der Waals surface area contributed by atoms with Crippen LogP contribution < -0.4 is 9.64 Å². The molecular formula is C24H26N4O2. The molecule has 30 heavy (non-hydrogen) atoms. The number of benzene rings is 2. The van der Waals surface area contributed by atoms with Crippen molar-refractivity contribution in [1.29, 1.82) is 0 Å². The van der Waals surface area contributed by atoms with Gasteiger partial charge >= 0.3 is 0 Å². The lowest BCUT2D eigenvalue weighted by molar-refractivity contribution is 0.0528. The molecule has 6 nitrogen and oxygen atoms in total. The molecule has 154 valence electrons. The molecule has 1 aliphatic rings. The van der Waals surface area contributed by atoms with Gasteiger partial charge in [-0.25, -0.2) is 9.97 Å². The summed E-state index contributed by atoms with van der Waals surface area (Å²) in [6.07, 6.45) is 4.97. The van der Waals surface area contributed by atoms with Crippen LogP contribution in [0.2, 0.25) is 0 Å². The Balaban J connectivity index is 1.44. The number of aromatic nitrogens is 2. The molecule has 0 radical (unpaired) electrons. The molecule has 1 atom stereocenters. The van der Waals surface area contributed by atoms with Crippen LogP contribution in [-0.4, -0.2) is 54.1 Å². The zero-order chi connectivity index (χ0) is 20.9. The average molecular weight is 402 g/mol. The molecule has 2 aromatic carbocycles. The van der Waals surface area contributed by atoms with Gasteiger partial charge in [-0.3, -0.25) is 4.79 Å². The van der Waals surface area contributed by atoms with E-state index in [-0.39, 0.29) is 12.0 Å². The highest BCUT2D eigenvalue weighted by Gasteiger charge is 2.27. The van der Waals surface area contributed by atoms with Crippen LogP contribution in [0, 0.1) is 0 Å². The van der Waals surface area contributed by atoms with Gasteiger partial charge in [0.15, 0.2) is 5.82 Å². The first-order valence-electron chi connectivity index (χ1n) is 10.2. The monoisotopic (exact) mass is 402 g/mol. The number of likely N-dealkylation sites (tertiary alicyclic amines) is 1. The third-order valence-electron chi connectivity index (χ3n) is 5.25. The van der Waals surface area contributed by atoms with Crippen LogP contribution in [0.5, 0.6) is 5.88 Å². The molecule has 1 amide bonds. The van der Waals surface area contributed by atoms with Crippen LogP contribution >= 0.6 is 0 Å². The summed E-state index contributed by atoms with van der Waals surface area (Å²) in [5.74, 6) is 1.24. The van der Waals surface area contributed by atoms with Crippen molar-refractivity contribution >= 4 is 11.7 Å². The molecule has 1 saturated heterocycles. The Hall–Kier alpha value is -3.41. The van der Waals surface area contributed by atoms with Crippen molar-refractivity contribution in [3.8, 4) is 17.0 Å². The number of amides is 1. The molecule has 1 aromatic heterocycles. The fraction of sp³-hybridized carbons (Fsp3) is 0.292. The number of nitrogens with zero attached hydrogens (tertiary/aromatic N) is 4. The second-order valence-corrected chi connectivity index (χ2v) is 7.66. The molecule has 1 aliphatic heterocycles. The molecule has 3 aromatic rings. The highest BCUT2D eigenvalue weighted by atomic mass is 16.5. The molecular weight excluding hydrogens is 376 g/mol. The van der Waals surface area contributed by atoms with E-state index < -0.39 is 0 Å². The van der Waals surface area contributed by atoms with Crippen LogP contribution in [-0.2, 0) is 0 Å². The van der Waals surface area contributed by atoms with Crippen LogP contribution in [0.25, 0.3) is 11.1 Å². The van der Waals surface area contributed by atoms with E-state index in [1.165, 1.54) is 0 Å². The van der Waals surface area contributed by atoms with Gasteiger partial charge < -0.3 is 14.5 Å². The molecule has 0 saturated carbocycles. The van der Waals surface area contributed by atoms with E-state index in [4.69, 9.17) is 4.74 Å². The Bertz CT molecular complexity index is 990. The van der Waals surface area contributed by atoms with Gasteiger partial charge in [-0.2, -0.15) is 0 Å². The minimum absolute atomic E-state index is 0.0369. The molecule has 0 N–H and O–H groups in total. The third kappa shape index (κ3) is 4.43. The second kappa shape index (κ2) is 8.95. The van der Waals surface area contributed by atoms with E-state index in [1.54, 1.807) is 12.4 Å². The fourth-order valence-corrected chi connectivity index (χ4v) is 3.70. The van der Waals surface area contributed by atoms with E-state index in [0.717, 1.165) is 30.5 Å².